The van der Waals surface area contributed by atoms with Crippen molar-refractivity contribution >= 4 is 0 Å². The van der Waals surface area contributed by atoms with E-state index in [4.69, 9.17) is 4.74 Å². The molecule has 0 aromatic carbocycles. The molecule has 1 unspecified atom stereocenters. The third-order valence-electron chi connectivity index (χ3n) is 6.49. The first kappa shape index (κ1) is 21.2. The second-order valence-electron chi connectivity index (χ2n) is 11.3. The molecule has 25 heavy (non-hydrogen) atoms. The summed E-state index contributed by atoms with van der Waals surface area (Å²) in [7, 11) is 0. The predicted octanol–water partition coefficient (Wildman–Crippen LogP) is 6.14. The molecule has 148 valence electrons. The van der Waals surface area contributed by atoms with Gasteiger partial charge in [-0.05, 0) is 117 Å². The Morgan fingerprint density at radius 3 is 1.84 bits per heavy atom. The quantitative estimate of drug-likeness (QED) is 0.569. The second-order valence-corrected chi connectivity index (χ2v) is 11.3. The minimum atomic E-state index is 0.0219. The van der Waals surface area contributed by atoms with E-state index < -0.39 is 0 Å². The lowest BCUT2D eigenvalue weighted by Gasteiger charge is -2.43. The van der Waals surface area contributed by atoms with Crippen LogP contribution < -0.4 is 0 Å². The van der Waals surface area contributed by atoms with Crippen molar-refractivity contribution in [3.05, 3.63) is 0 Å². The average molecular weight is 352 g/mol. The van der Waals surface area contributed by atoms with Gasteiger partial charge in [0.2, 0.25) is 0 Å². The van der Waals surface area contributed by atoms with E-state index in [1.807, 2.05) is 0 Å². The highest BCUT2D eigenvalue weighted by Gasteiger charge is 2.36. The Morgan fingerprint density at radius 1 is 0.880 bits per heavy atom. The minimum Gasteiger partial charge on any atom is -0.373 e. The first-order valence-electron chi connectivity index (χ1n) is 10.9. The van der Waals surface area contributed by atoms with Crippen molar-refractivity contribution in [1.82, 2.24) is 4.90 Å². The first-order chi connectivity index (χ1) is 11.4. The molecule has 0 radical (unpaired) electrons. The van der Waals surface area contributed by atoms with Crippen LogP contribution in [-0.4, -0.2) is 35.2 Å². The van der Waals surface area contributed by atoms with Crippen LogP contribution in [0.5, 0.6) is 0 Å². The topological polar surface area (TPSA) is 12.5 Å². The van der Waals surface area contributed by atoms with Crippen LogP contribution in [0.1, 0.15) is 93.9 Å². The summed E-state index contributed by atoms with van der Waals surface area (Å²) in [5.74, 6) is 3.59. The number of piperidine rings is 1. The van der Waals surface area contributed by atoms with E-state index in [0.29, 0.717) is 11.6 Å². The van der Waals surface area contributed by atoms with Gasteiger partial charge >= 0.3 is 0 Å². The first-order valence-corrected chi connectivity index (χ1v) is 10.9. The molecule has 2 aliphatic rings. The zero-order valence-electron chi connectivity index (χ0n) is 18.4. The second kappa shape index (κ2) is 8.30. The van der Waals surface area contributed by atoms with Crippen molar-refractivity contribution in [2.75, 3.05) is 13.1 Å². The van der Waals surface area contributed by atoms with Gasteiger partial charge in [-0.2, -0.15) is 0 Å². The minimum absolute atomic E-state index is 0.0219. The number of rotatable bonds is 6. The van der Waals surface area contributed by atoms with Gasteiger partial charge in [-0.3, -0.25) is 4.90 Å². The molecule has 0 aromatic heterocycles. The van der Waals surface area contributed by atoms with E-state index in [9.17, 15) is 0 Å². The van der Waals surface area contributed by atoms with Gasteiger partial charge < -0.3 is 4.74 Å². The number of likely N-dealkylation sites (tertiary alicyclic amines) is 1. The van der Waals surface area contributed by atoms with Crippen LogP contribution in [-0.2, 0) is 4.74 Å². The molecule has 2 fully saturated rings. The zero-order valence-corrected chi connectivity index (χ0v) is 18.4. The van der Waals surface area contributed by atoms with Gasteiger partial charge in [0, 0.05) is 5.54 Å². The maximum absolute atomic E-state index is 6.13. The molecule has 1 saturated carbocycles. The molecule has 2 nitrogen and oxygen atoms in total. The van der Waals surface area contributed by atoms with E-state index in [-0.39, 0.29) is 5.60 Å². The van der Waals surface area contributed by atoms with Gasteiger partial charge in [0.05, 0.1) is 11.7 Å². The summed E-state index contributed by atoms with van der Waals surface area (Å²) in [4.78, 5) is 2.67. The SMILES string of the molecule is CC(C)C(CC1CCN(C(C)(C)C)CC1)CC1CC(OC(C)(C)C)C1. The maximum atomic E-state index is 6.13. The lowest BCUT2D eigenvalue weighted by molar-refractivity contribution is -0.115. The largest absolute Gasteiger partial charge is 0.373 e. The van der Waals surface area contributed by atoms with Crippen LogP contribution in [0.3, 0.4) is 0 Å². The summed E-state index contributed by atoms with van der Waals surface area (Å²) in [6.07, 6.45) is 8.80. The third kappa shape index (κ3) is 6.86. The van der Waals surface area contributed by atoms with Crippen molar-refractivity contribution in [3.63, 3.8) is 0 Å². The molecular weight excluding hydrogens is 306 g/mol. The molecule has 1 heterocycles. The zero-order chi connectivity index (χ0) is 18.8. The summed E-state index contributed by atoms with van der Waals surface area (Å²) in [6, 6.07) is 0. The number of nitrogens with zero attached hydrogens (tertiary/aromatic N) is 1. The number of ether oxygens (including phenoxy) is 1. The van der Waals surface area contributed by atoms with Crippen LogP contribution in [0.4, 0.5) is 0 Å². The summed E-state index contributed by atoms with van der Waals surface area (Å²) >= 11 is 0. The van der Waals surface area contributed by atoms with Gasteiger partial charge in [0.1, 0.15) is 0 Å². The predicted molar refractivity (Wildman–Crippen MR) is 109 cm³/mol. The highest BCUT2D eigenvalue weighted by Crippen LogP contribution is 2.41. The fourth-order valence-corrected chi connectivity index (χ4v) is 4.80. The Bertz CT molecular complexity index is 389. The van der Waals surface area contributed by atoms with Crippen LogP contribution in [0, 0.1) is 23.7 Å². The highest BCUT2D eigenvalue weighted by molar-refractivity contribution is 4.87. The molecule has 2 heteroatoms. The summed E-state index contributed by atoms with van der Waals surface area (Å²) in [5, 5.41) is 0. The van der Waals surface area contributed by atoms with Crippen LogP contribution >= 0.6 is 0 Å². The number of hydrogen-bond donors (Lipinski definition) is 0. The van der Waals surface area contributed by atoms with Gasteiger partial charge in [0.15, 0.2) is 0 Å². The van der Waals surface area contributed by atoms with Crippen molar-refractivity contribution in [2.45, 2.75) is 111 Å². The Kier molecular flexibility index (Phi) is 7.04. The van der Waals surface area contributed by atoms with Gasteiger partial charge in [-0.1, -0.05) is 13.8 Å². The standard InChI is InChI=1S/C23H45NO/c1-17(2)20(14-19-15-21(16-19)25-23(6,7)8)13-18-9-11-24(12-10-18)22(3,4)5/h17-21H,9-16H2,1-8H3. The van der Waals surface area contributed by atoms with Crippen LogP contribution in [0.15, 0.2) is 0 Å². The Hall–Kier alpha value is -0.0800. The number of hydrogen-bond acceptors (Lipinski definition) is 2. The van der Waals surface area contributed by atoms with E-state index in [2.05, 4.69) is 60.3 Å². The highest BCUT2D eigenvalue weighted by atomic mass is 16.5. The molecule has 1 aliphatic carbocycles. The smallest absolute Gasteiger partial charge is 0.0602 e. The Balaban J connectivity index is 1.74. The van der Waals surface area contributed by atoms with Crippen LogP contribution in [0.2, 0.25) is 0 Å². The van der Waals surface area contributed by atoms with E-state index in [1.165, 1.54) is 51.6 Å². The lowest BCUT2D eigenvalue weighted by Crippen LogP contribution is -2.46. The van der Waals surface area contributed by atoms with E-state index >= 15 is 0 Å². The van der Waals surface area contributed by atoms with Gasteiger partial charge in [-0.15, -0.1) is 0 Å². The normalized spacial score (nSPS) is 28.2. The average Bonchev–Trinajstić information content (AvgIpc) is 2.42. The molecule has 0 N–H and O–H groups in total. The molecule has 0 amide bonds. The molecule has 1 aliphatic heterocycles. The van der Waals surface area contributed by atoms with Crippen LogP contribution in [0.25, 0.3) is 0 Å². The molecule has 0 spiro atoms. The molecule has 1 atom stereocenters. The van der Waals surface area contributed by atoms with Gasteiger partial charge in [0.25, 0.3) is 0 Å². The summed E-state index contributed by atoms with van der Waals surface area (Å²) in [6.45, 7) is 21.1. The summed E-state index contributed by atoms with van der Waals surface area (Å²) < 4.78 is 6.13. The monoisotopic (exact) mass is 351 g/mol. The maximum Gasteiger partial charge on any atom is 0.0602 e. The fraction of sp³-hybridized carbons (Fsp3) is 1.00. The van der Waals surface area contributed by atoms with Crippen molar-refractivity contribution < 1.29 is 4.74 Å². The molecule has 2 rings (SSSR count). The fourth-order valence-electron chi connectivity index (χ4n) is 4.80. The summed E-state index contributed by atoms with van der Waals surface area (Å²) in [5.41, 5.74) is 0.366. The van der Waals surface area contributed by atoms with E-state index in [0.717, 1.165) is 23.7 Å². The van der Waals surface area contributed by atoms with Crippen molar-refractivity contribution in [3.8, 4) is 0 Å². The van der Waals surface area contributed by atoms with E-state index in [1.54, 1.807) is 0 Å². The molecule has 1 saturated heterocycles. The molecular formula is C23H45NO. The molecule has 0 bridgehead atoms. The third-order valence-corrected chi connectivity index (χ3v) is 6.49. The van der Waals surface area contributed by atoms with Crippen molar-refractivity contribution in [1.29, 1.82) is 0 Å². The van der Waals surface area contributed by atoms with Gasteiger partial charge in [-0.25, -0.2) is 0 Å². The Labute approximate surface area is 158 Å². The molecule has 0 aromatic rings. The lowest BCUT2D eigenvalue weighted by atomic mass is 9.71. The Morgan fingerprint density at radius 2 is 1.40 bits per heavy atom. The van der Waals surface area contributed by atoms with Crippen molar-refractivity contribution in [2.24, 2.45) is 23.7 Å².